The lowest BCUT2D eigenvalue weighted by molar-refractivity contribution is -0.360. The zero-order valence-corrected chi connectivity index (χ0v) is 73.6. The largest absolute Gasteiger partial charge is 0.472 e. The van der Waals surface area contributed by atoms with Gasteiger partial charge in [0.1, 0.15) is 92.6 Å². The van der Waals surface area contributed by atoms with E-state index in [1.54, 1.807) is 0 Å². The van der Waals surface area contributed by atoms with Crippen molar-refractivity contribution < 1.29 is 122 Å². The predicted octanol–water partition coefficient (Wildman–Crippen LogP) is 17.1. The van der Waals surface area contributed by atoms with Crippen molar-refractivity contribution in [2.24, 2.45) is 0 Å². The highest BCUT2D eigenvalue weighted by atomic mass is 31.2. The van der Waals surface area contributed by atoms with Gasteiger partial charge in [0.05, 0.1) is 13.2 Å². The molecule has 10 N–H and O–H groups in total. The van der Waals surface area contributed by atoms with Crippen LogP contribution < -0.4 is 0 Å². The molecule has 0 spiro atoms. The number of carbonyl (C=O) groups excluding carboxylic acids is 4. The number of rotatable bonds is 75. The smallest absolute Gasteiger partial charge is 0.463 e. The predicted molar refractivity (Wildman–Crippen MR) is 453 cm³/mol. The zero-order valence-electron chi connectivity index (χ0n) is 72.7. The van der Waals surface area contributed by atoms with Crippen LogP contribution in [-0.2, 0) is 70.7 Å². The first-order chi connectivity index (χ1) is 56.7. The molecule has 0 amide bonds. The van der Waals surface area contributed by atoms with Crippen molar-refractivity contribution >= 4 is 31.7 Å². The quantitative estimate of drug-likeness (QED) is 0.00889. The molecule has 1 aliphatic carbocycles. The molecule has 3 fully saturated rings. The summed E-state index contributed by atoms with van der Waals surface area (Å²) in [6.45, 7) is 5.55. The maximum atomic E-state index is 14.9. The van der Waals surface area contributed by atoms with Gasteiger partial charge in [-0.05, 0) is 103 Å². The fourth-order valence-electron chi connectivity index (χ4n) is 15.1. The van der Waals surface area contributed by atoms with Crippen LogP contribution in [0.2, 0.25) is 0 Å². The van der Waals surface area contributed by atoms with Crippen LogP contribution in [0.1, 0.15) is 387 Å². The van der Waals surface area contributed by atoms with Gasteiger partial charge in [-0.15, -0.1) is 0 Å². The Labute approximate surface area is 704 Å². The van der Waals surface area contributed by atoms with Crippen molar-refractivity contribution in [2.75, 3.05) is 26.4 Å². The molecule has 684 valence electrons. The third kappa shape index (κ3) is 50.3. The third-order valence-electron chi connectivity index (χ3n) is 22.6. The molecule has 0 radical (unpaired) electrons. The number of ether oxygens (including phenoxy) is 8. The number of aliphatic hydroxyl groups is 9. The molecule has 3 aliphatic rings. The maximum Gasteiger partial charge on any atom is 0.472 e. The fourth-order valence-corrected chi connectivity index (χ4v) is 16.1. The standard InChI is InChI=1S/C91H165O25P/c1-5-9-13-17-21-25-29-33-36-40-43-47-51-55-59-63-74(93)107-68-71(110-76(95)65-61-57-53-49-46-42-38-35-31-27-23-19-15-11-7-3)69-109-117(105,106)116-89-87(114-90-84(103)80(99)78(97)72(67-92)111-90)83(102)82(101)86(113-77(96)66-62-58-54-50-45-39-32-28-24-20-16-12-8-4)88(89)115-91-85(104)81(100)79(98)73(112-91)70-108-75(94)64-60-56-52-48-44-41-37-34-30-26-22-18-14-10-6-2/h25-26,29-30,39,45,71-73,78-92,97-104H,5-24,27-28,31-38,40-44,46-70H2,1-4H3,(H,105,106)/b29-25-,30-26-,45-39-. The maximum absolute atomic E-state index is 14.9. The van der Waals surface area contributed by atoms with Crippen LogP contribution >= 0.6 is 7.82 Å². The van der Waals surface area contributed by atoms with Crippen LogP contribution in [0, 0.1) is 0 Å². The Bertz CT molecular complexity index is 2580. The van der Waals surface area contributed by atoms with Gasteiger partial charge in [-0.2, -0.15) is 0 Å². The molecule has 117 heavy (non-hydrogen) atoms. The molecule has 18 unspecified atom stereocenters. The number of phosphoric acid groups is 1. The van der Waals surface area contributed by atoms with E-state index in [1.165, 1.54) is 135 Å². The van der Waals surface area contributed by atoms with Gasteiger partial charge in [0.25, 0.3) is 0 Å². The van der Waals surface area contributed by atoms with Gasteiger partial charge in [0.15, 0.2) is 24.8 Å². The molecule has 0 aromatic heterocycles. The van der Waals surface area contributed by atoms with Crippen molar-refractivity contribution in [3.8, 4) is 0 Å². The molecule has 2 aliphatic heterocycles. The fraction of sp³-hybridized carbons (Fsp3) is 0.890. The minimum atomic E-state index is -5.81. The summed E-state index contributed by atoms with van der Waals surface area (Å²) < 4.78 is 73.4. The van der Waals surface area contributed by atoms with Crippen LogP contribution in [-0.4, -0.2) is 205 Å². The molecule has 3 rings (SSSR count). The Kier molecular flexibility index (Phi) is 64.6. The first-order valence-electron chi connectivity index (χ1n) is 46.7. The highest BCUT2D eigenvalue weighted by molar-refractivity contribution is 7.47. The van der Waals surface area contributed by atoms with E-state index in [0.717, 1.165) is 161 Å². The lowest BCUT2D eigenvalue weighted by Crippen LogP contribution is -2.70. The minimum Gasteiger partial charge on any atom is -0.463 e. The van der Waals surface area contributed by atoms with Crippen molar-refractivity contribution in [1.29, 1.82) is 0 Å². The van der Waals surface area contributed by atoms with E-state index in [0.29, 0.717) is 32.1 Å². The van der Waals surface area contributed by atoms with Crippen LogP contribution in [0.3, 0.4) is 0 Å². The number of unbranched alkanes of at least 4 members (excludes halogenated alkanes) is 45. The average molecular weight is 1690 g/mol. The molecule has 18 atom stereocenters. The Morgan fingerprint density at radius 3 is 1.03 bits per heavy atom. The van der Waals surface area contributed by atoms with E-state index < -0.39 is 162 Å². The Balaban J connectivity index is 1.92. The monoisotopic (exact) mass is 1690 g/mol. The number of phosphoric ester groups is 1. The van der Waals surface area contributed by atoms with E-state index in [4.69, 9.17) is 46.9 Å². The molecule has 25 nitrogen and oxygen atoms in total. The van der Waals surface area contributed by atoms with Gasteiger partial charge in [-0.25, -0.2) is 4.57 Å². The summed E-state index contributed by atoms with van der Waals surface area (Å²) in [5.74, 6) is -2.99. The summed E-state index contributed by atoms with van der Waals surface area (Å²) in [7, 11) is -5.81. The van der Waals surface area contributed by atoms with E-state index in [1.807, 2.05) is 0 Å². The van der Waals surface area contributed by atoms with Gasteiger partial charge in [0.2, 0.25) is 0 Å². The van der Waals surface area contributed by atoms with Crippen LogP contribution in [0.15, 0.2) is 36.5 Å². The third-order valence-corrected chi connectivity index (χ3v) is 23.6. The van der Waals surface area contributed by atoms with Crippen LogP contribution in [0.5, 0.6) is 0 Å². The van der Waals surface area contributed by atoms with Gasteiger partial charge in [0, 0.05) is 25.7 Å². The Morgan fingerprint density at radius 2 is 0.641 bits per heavy atom. The number of hydrogen-bond donors (Lipinski definition) is 10. The van der Waals surface area contributed by atoms with Crippen LogP contribution in [0.4, 0.5) is 0 Å². The first kappa shape index (κ1) is 108. The average Bonchev–Trinajstić information content (AvgIpc) is 0.755. The van der Waals surface area contributed by atoms with Crippen molar-refractivity contribution in [3.05, 3.63) is 36.5 Å². The molecule has 0 aromatic rings. The Hall–Kier alpha value is -3.31. The SMILES string of the molecule is CCCCCC/C=C\CCCCCCCCCC(=O)OCC(COP(=O)(O)OC1C(OC2OC(CO)C(O)C(O)C2O)C(O)C(O)C(OC(=O)CCCCC/C=C\CCCCCCCC)C1OC1OC(COC(=O)CCCCCCCCC/C=C\CCCCCC)C(O)C(O)C1O)OC(=O)CCCCCCCCCCCCCCCCC. The lowest BCUT2D eigenvalue weighted by atomic mass is 9.84. The molecule has 2 saturated heterocycles. The molecule has 0 bridgehead atoms. The highest BCUT2D eigenvalue weighted by Gasteiger charge is 2.60. The summed E-state index contributed by atoms with van der Waals surface area (Å²) in [6.07, 6.45) is 31.4. The van der Waals surface area contributed by atoms with Gasteiger partial charge in [-0.3, -0.25) is 28.2 Å². The second kappa shape index (κ2) is 70.0. The molecular formula is C91H165O25P. The molecular weight excluding hydrogens is 1520 g/mol. The van der Waals surface area contributed by atoms with Crippen LogP contribution in [0.25, 0.3) is 0 Å². The summed E-state index contributed by atoms with van der Waals surface area (Å²) in [4.78, 5) is 66.4. The summed E-state index contributed by atoms with van der Waals surface area (Å²) in [6, 6.07) is 0. The van der Waals surface area contributed by atoms with Crippen molar-refractivity contribution in [3.63, 3.8) is 0 Å². The topological polar surface area (TPSA) is 380 Å². The van der Waals surface area contributed by atoms with Gasteiger partial charge >= 0.3 is 31.7 Å². The number of hydrogen-bond acceptors (Lipinski definition) is 24. The summed E-state index contributed by atoms with van der Waals surface area (Å²) in [5, 5.41) is 102. The molecule has 0 aromatic carbocycles. The van der Waals surface area contributed by atoms with E-state index in [2.05, 4.69) is 64.2 Å². The zero-order chi connectivity index (χ0) is 85.4. The second-order valence-electron chi connectivity index (χ2n) is 33.2. The second-order valence-corrected chi connectivity index (χ2v) is 34.6. The van der Waals surface area contributed by atoms with E-state index >= 15 is 0 Å². The number of allylic oxidation sites excluding steroid dienone is 6. The molecule has 1 saturated carbocycles. The van der Waals surface area contributed by atoms with Crippen molar-refractivity contribution in [2.45, 2.75) is 491 Å². The first-order valence-corrected chi connectivity index (χ1v) is 48.2. The number of esters is 4. The number of carbonyl (C=O) groups is 4. The number of aliphatic hydroxyl groups excluding tert-OH is 9. The normalized spacial score (nSPS) is 25.2. The highest BCUT2D eigenvalue weighted by Crippen LogP contribution is 2.49. The van der Waals surface area contributed by atoms with E-state index in [-0.39, 0.29) is 32.1 Å². The molecule has 2 heterocycles. The van der Waals surface area contributed by atoms with E-state index in [9.17, 15) is 74.6 Å². The Morgan fingerprint density at radius 1 is 0.333 bits per heavy atom. The lowest BCUT2D eigenvalue weighted by Gasteiger charge is -2.50. The molecule has 26 heteroatoms. The van der Waals surface area contributed by atoms with Crippen molar-refractivity contribution in [1.82, 2.24) is 0 Å². The van der Waals surface area contributed by atoms with Gasteiger partial charge < -0.3 is 88.7 Å². The minimum absolute atomic E-state index is 0.00699. The van der Waals surface area contributed by atoms with Gasteiger partial charge in [-0.1, -0.05) is 295 Å². The summed E-state index contributed by atoms with van der Waals surface area (Å²) in [5.41, 5.74) is 0. The summed E-state index contributed by atoms with van der Waals surface area (Å²) >= 11 is 0.